The van der Waals surface area contributed by atoms with Crippen molar-refractivity contribution in [2.45, 2.75) is 6.92 Å². The molecule has 0 aromatic heterocycles. The smallest absolute Gasteiger partial charge is 0.316 e. The van der Waals surface area contributed by atoms with E-state index < -0.39 is 11.8 Å². The van der Waals surface area contributed by atoms with Crippen LogP contribution in [0, 0.1) is 0 Å². The molecule has 0 radical (unpaired) electrons. The highest BCUT2D eigenvalue weighted by molar-refractivity contribution is 6.40. The number of amides is 2. The molecule has 1 aromatic carbocycles. The lowest BCUT2D eigenvalue weighted by Crippen LogP contribution is -2.41. The molecule has 16 heavy (non-hydrogen) atoms. The van der Waals surface area contributed by atoms with Crippen molar-refractivity contribution >= 4 is 17.5 Å². The molecule has 0 heterocycles. The summed E-state index contributed by atoms with van der Waals surface area (Å²) < 4.78 is 0. The van der Waals surface area contributed by atoms with Gasteiger partial charge in [-0.3, -0.25) is 9.59 Å². The number of nitrogens with zero attached hydrogens (tertiary/aromatic N) is 1. The summed E-state index contributed by atoms with van der Waals surface area (Å²) >= 11 is 0. The lowest BCUT2D eigenvalue weighted by Gasteiger charge is -2.16. The van der Waals surface area contributed by atoms with Gasteiger partial charge in [0.05, 0.1) is 0 Å². The number of rotatable bonds is 2. The number of carbonyl (C=O) groups excluding carboxylic acids is 2. The summed E-state index contributed by atoms with van der Waals surface area (Å²) in [4.78, 5) is 24.1. The maximum atomic E-state index is 11.6. The first kappa shape index (κ1) is 12.0. The number of phenolic OH excluding ortho intramolecular Hbond substituents is 1. The van der Waals surface area contributed by atoms with Gasteiger partial charge in [-0.2, -0.15) is 0 Å². The second kappa shape index (κ2) is 5.16. The van der Waals surface area contributed by atoms with Crippen molar-refractivity contribution in [3.8, 4) is 5.75 Å². The quantitative estimate of drug-likeness (QED) is 0.715. The van der Waals surface area contributed by atoms with E-state index in [2.05, 4.69) is 5.32 Å². The number of hydrogen-bond acceptors (Lipinski definition) is 3. The molecule has 1 rings (SSSR count). The van der Waals surface area contributed by atoms with Gasteiger partial charge in [0.2, 0.25) is 0 Å². The molecule has 86 valence electrons. The van der Waals surface area contributed by atoms with Crippen LogP contribution in [-0.2, 0) is 9.59 Å². The van der Waals surface area contributed by atoms with Crippen molar-refractivity contribution in [3.63, 3.8) is 0 Å². The van der Waals surface area contributed by atoms with Gasteiger partial charge < -0.3 is 15.3 Å². The molecule has 0 spiro atoms. The van der Waals surface area contributed by atoms with E-state index in [1.54, 1.807) is 19.1 Å². The van der Waals surface area contributed by atoms with E-state index in [1.807, 2.05) is 0 Å². The van der Waals surface area contributed by atoms with Gasteiger partial charge in [0.25, 0.3) is 0 Å². The van der Waals surface area contributed by atoms with Gasteiger partial charge in [-0.15, -0.1) is 0 Å². The standard InChI is InChI=1S/C11H14N2O3/c1-3-12-10(15)11(16)13(2)8-4-6-9(14)7-5-8/h4-7,14H,3H2,1-2H3,(H,12,15). The van der Waals surface area contributed by atoms with Crippen LogP contribution in [0.15, 0.2) is 24.3 Å². The van der Waals surface area contributed by atoms with Gasteiger partial charge in [0.1, 0.15) is 5.75 Å². The number of carbonyl (C=O) groups is 2. The first-order valence-corrected chi connectivity index (χ1v) is 4.91. The van der Waals surface area contributed by atoms with Gasteiger partial charge in [-0.05, 0) is 31.2 Å². The zero-order valence-corrected chi connectivity index (χ0v) is 9.23. The van der Waals surface area contributed by atoms with Crippen molar-refractivity contribution < 1.29 is 14.7 Å². The second-order valence-electron chi connectivity index (χ2n) is 3.24. The molecule has 0 bridgehead atoms. The molecule has 0 aliphatic carbocycles. The maximum absolute atomic E-state index is 11.6. The van der Waals surface area contributed by atoms with Crippen molar-refractivity contribution in [3.05, 3.63) is 24.3 Å². The molecular weight excluding hydrogens is 208 g/mol. The molecule has 0 atom stereocenters. The third kappa shape index (κ3) is 2.73. The van der Waals surface area contributed by atoms with Crippen LogP contribution in [0.25, 0.3) is 0 Å². The van der Waals surface area contributed by atoms with E-state index in [-0.39, 0.29) is 5.75 Å². The van der Waals surface area contributed by atoms with Gasteiger partial charge in [-0.1, -0.05) is 0 Å². The number of phenols is 1. The molecular formula is C11H14N2O3. The minimum Gasteiger partial charge on any atom is -0.508 e. The molecule has 0 unspecified atom stereocenters. The predicted molar refractivity (Wildman–Crippen MR) is 60.2 cm³/mol. The topological polar surface area (TPSA) is 69.6 Å². The number of aromatic hydroxyl groups is 1. The van der Waals surface area contributed by atoms with Crippen LogP contribution >= 0.6 is 0 Å². The zero-order valence-electron chi connectivity index (χ0n) is 9.23. The Labute approximate surface area is 93.7 Å². The van der Waals surface area contributed by atoms with E-state index >= 15 is 0 Å². The van der Waals surface area contributed by atoms with Crippen LogP contribution in [0.3, 0.4) is 0 Å². The molecule has 0 aliphatic heterocycles. The highest BCUT2D eigenvalue weighted by atomic mass is 16.3. The van der Waals surface area contributed by atoms with Gasteiger partial charge in [-0.25, -0.2) is 0 Å². The fourth-order valence-corrected chi connectivity index (χ4v) is 1.18. The first-order chi connectivity index (χ1) is 7.56. The minimum absolute atomic E-state index is 0.114. The molecule has 0 fully saturated rings. The normalized spacial score (nSPS) is 9.62. The lowest BCUT2D eigenvalue weighted by atomic mass is 10.3. The Bertz CT molecular complexity index is 387. The predicted octanol–water partition coefficient (Wildman–Crippen LogP) is 0.491. The molecule has 0 saturated carbocycles. The molecule has 0 aliphatic rings. The average molecular weight is 222 g/mol. The Hall–Kier alpha value is -2.04. The highest BCUT2D eigenvalue weighted by Crippen LogP contribution is 2.17. The Balaban J connectivity index is 2.77. The van der Waals surface area contributed by atoms with E-state index in [1.165, 1.54) is 24.1 Å². The fraction of sp³-hybridized carbons (Fsp3) is 0.273. The summed E-state index contributed by atoms with van der Waals surface area (Å²) in [6.07, 6.45) is 0. The third-order valence-electron chi connectivity index (χ3n) is 2.07. The molecule has 2 N–H and O–H groups in total. The van der Waals surface area contributed by atoms with Crippen LogP contribution < -0.4 is 10.2 Å². The van der Waals surface area contributed by atoms with E-state index in [4.69, 9.17) is 5.11 Å². The van der Waals surface area contributed by atoms with Crippen molar-refractivity contribution in [1.82, 2.24) is 5.32 Å². The van der Waals surface area contributed by atoms with E-state index in [0.717, 1.165) is 0 Å². The molecule has 1 aromatic rings. The van der Waals surface area contributed by atoms with Gasteiger partial charge >= 0.3 is 11.8 Å². The van der Waals surface area contributed by atoms with Crippen molar-refractivity contribution in [2.75, 3.05) is 18.5 Å². The summed E-state index contributed by atoms with van der Waals surface area (Å²) in [6, 6.07) is 6.03. The van der Waals surface area contributed by atoms with Crippen LogP contribution in [0.5, 0.6) is 5.75 Å². The van der Waals surface area contributed by atoms with Gasteiger partial charge in [0, 0.05) is 19.3 Å². The summed E-state index contributed by atoms with van der Waals surface area (Å²) in [5.74, 6) is -1.16. The van der Waals surface area contributed by atoms with Gasteiger partial charge in [0.15, 0.2) is 0 Å². The average Bonchev–Trinajstić information content (AvgIpc) is 2.28. The number of anilines is 1. The molecule has 2 amide bonds. The molecule has 5 nitrogen and oxygen atoms in total. The summed E-state index contributed by atoms with van der Waals surface area (Å²) in [7, 11) is 1.50. The third-order valence-corrected chi connectivity index (χ3v) is 2.07. The Morgan fingerprint density at radius 3 is 2.38 bits per heavy atom. The second-order valence-corrected chi connectivity index (χ2v) is 3.24. The van der Waals surface area contributed by atoms with E-state index in [9.17, 15) is 9.59 Å². The fourth-order valence-electron chi connectivity index (χ4n) is 1.18. The van der Waals surface area contributed by atoms with Crippen LogP contribution in [0.2, 0.25) is 0 Å². The van der Waals surface area contributed by atoms with Crippen molar-refractivity contribution in [1.29, 1.82) is 0 Å². The Morgan fingerprint density at radius 1 is 1.31 bits per heavy atom. The number of hydrogen-bond donors (Lipinski definition) is 2. The number of benzene rings is 1. The SMILES string of the molecule is CCNC(=O)C(=O)N(C)c1ccc(O)cc1. The lowest BCUT2D eigenvalue weighted by molar-refractivity contribution is -0.137. The van der Waals surface area contributed by atoms with Crippen molar-refractivity contribution in [2.24, 2.45) is 0 Å². The summed E-state index contributed by atoms with van der Waals surface area (Å²) in [5, 5.41) is 11.5. The largest absolute Gasteiger partial charge is 0.508 e. The number of likely N-dealkylation sites (N-methyl/N-ethyl adjacent to an activating group) is 2. The monoisotopic (exact) mass is 222 g/mol. The zero-order chi connectivity index (χ0) is 12.1. The minimum atomic E-state index is -0.641. The molecule has 5 heteroatoms. The maximum Gasteiger partial charge on any atom is 0.316 e. The van der Waals surface area contributed by atoms with E-state index in [0.29, 0.717) is 12.2 Å². The number of nitrogens with one attached hydrogen (secondary N) is 1. The Kier molecular flexibility index (Phi) is 3.88. The molecule has 0 saturated heterocycles. The first-order valence-electron chi connectivity index (χ1n) is 4.91. The van der Waals surface area contributed by atoms with Crippen LogP contribution in [-0.4, -0.2) is 30.5 Å². The summed E-state index contributed by atoms with van der Waals surface area (Å²) in [5.41, 5.74) is 0.550. The summed E-state index contributed by atoms with van der Waals surface area (Å²) in [6.45, 7) is 2.15. The van der Waals surface area contributed by atoms with Crippen LogP contribution in [0.4, 0.5) is 5.69 Å². The highest BCUT2D eigenvalue weighted by Gasteiger charge is 2.18. The van der Waals surface area contributed by atoms with Crippen LogP contribution in [0.1, 0.15) is 6.92 Å². The Morgan fingerprint density at radius 2 is 1.88 bits per heavy atom.